The smallest absolute Gasteiger partial charge is 0.273 e. The van der Waals surface area contributed by atoms with Gasteiger partial charge in [-0.2, -0.15) is 0 Å². The highest BCUT2D eigenvalue weighted by Crippen LogP contribution is 2.20. The molecule has 0 radical (unpaired) electrons. The van der Waals surface area contributed by atoms with Crippen molar-refractivity contribution in [3.63, 3.8) is 0 Å². The number of amides is 2. The molecule has 7 heteroatoms. The van der Waals surface area contributed by atoms with Gasteiger partial charge in [0.25, 0.3) is 5.91 Å². The maximum Gasteiger partial charge on any atom is 0.273 e. The van der Waals surface area contributed by atoms with Crippen LogP contribution in [0.4, 0.5) is 0 Å². The van der Waals surface area contributed by atoms with E-state index in [2.05, 4.69) is 39.5 Å². The lowest BCUT2D eigenvalue weighted by atomic mass is 10.00. The Labute approximate surface area is 164 Å². The average Bonchev–Trinajstić information content (AvgIpc) is 3.18. The topological polar surface area (TPSA) is 78.7 Å². The number of hydrogen-bond donors (Lipinski definition) is 1. The summed E-state index contributed by atoms with van der Waals surface area (Å²) in [5, 5.41) is 2.83. The summed E-state index contributed by atoms with van der Waals surface area (Å²) in [5.74, 6) is 0.464. The third-order valence-electron chi connectivity index (χ3n) is 5.44. The van der Waals surface area contributed by atoms with Gasteiger partial charge in [-0.25, -0.2) is 4.98 Å². The van der Waals surface area contributed by atoms with E-state index in [4.69, 9.17) is 4.42 Å². The molecule has 1 N–H and O–H groups in total. The largest absolute Gasteiger partial charge is 0.447 e. The predicted molar refractivity (Wildman–Crippen MR) is 104 cm³/mol. The summed E-state index contributed by atoms with van der Waals surface area (Å²) >= 11 is 0. The summed E-state index contributed by atoms with van der Waals surface area (Å²) in [5.41, 5.74) is 3.03. The Morgan fingerprint density at radius 2 is 2.00 bits per heavy atom. The van der Waals surface area contributed by atoms with E-state index in [0.717, 1.165) is 38.9 Å². The highest BCUT2D eigenvalue weighted by Gasteiger charge is 2.20. The Bertz CT molecular complexity index is 848. The van der Waals surface area contributed by atoms with Crippen LogP contribution >= 0.6 is 0 Å². The Morgan fingerprint density at radius 1 is 1.14 bits per heavy atom. The van der Waals surface area contributed by atoms with Crippen LogP contribution in [0.15, 0.2) is 34.9 Å². The van der Waals surface area contributed by atoms with Crippen LogP contribution in [0.5, 0.6) is 0 Å². The van der Waals surface area contributed by atoms with Crippen molar-refractivity contribution < 1.29 is 14.0 Å². The van der Waals surface area contributed by atoms with Gasteiger partial charge >= 0.3 is 0 Å². The molecule has 4 rings (SSSR count). The second kappa shape index (κ2) is 8.56. The van der Waals surface area contributed by atoms with Crippen LogP contribution < -0.4 is 5.32 Å². The van der Waals surface area contributed by atoms with Gasteiger partial charge in [0.05, 0.1) is 6.54 Å². The number of nitrogens with zero attached hydrogens (tertiary/aromatic N) is 3. The summed E-state index contributed by atoms with van der Waals surface area (Å²) in [7, 11) is 0. The zero-order valence-corrected chi connectivity index (χ0v) is 16.0. The van der Waals surface area contributed by atoms with Gasteiger partial charge in [0.1, 0.15) is 6.26 Å². The first-order valence-electron chi connectivity index (χ1n) is 9.98. The quantitative estimate of drug-likeness (QED) is 0.826. The molecule has 1 saturated heterocycles. The number of likely N-dealkylation sites (tertiary alicyclic amines) is 1. The van der Waals surface area contributed by atoms with E-state index >= 15 is 0 Å². The highest BCUT2D eigenvalue weighted by molar-refractivity contribution is 5.91. The number of nitrogens with one attached hydrogen (secondary N) is 1. The summed E-state index contributed by atoms with van der Waals surface area (Å²) in [6, 6.07) is 8.47. The van der Waals surface area contributed by atoms with E-state index < -0.39 is 0 Å². The van der Waals surface area contributed by atoms with E-state index in [1.807, 2.05) is 4.90 Å². The van der Waals surface area contributed by atoms with Crippen LogP contribution in [0.2, 0.25) is 0 Å². The van der Waals surface area contributed by atoms with Crippen LogP contribution in [-0.4, -0.2) is 52.8 Å². The van der Waals surface area contributed by atoms with Gasteiger partial charge in [0.2, 0.25) is 11.8 Å². The van der Waals surface area contributed by atoms with Crippen molar-refractivity contribution in [1.82, 2.24) is 20.1 Å². The molecule has 1 fully saturated rings. The molecule has 0 bridgehead atoms. The van der Waals surface area contributed by atoms with E-state index in [-0.39, 0.29) is 17.5 Å². The number of aromatic nitrogens is 1. The number of fused-ring (bicyclic) bond motifs is 1. The molecule has 2 aliphatic heterocycles. The van der Waals surface area contributed by atoms with Gasteiger partial charge in [-0.15, -0.1) is 0 Å². The fourth-order valence-corrected chi connectivity index (χ4v) is 3.86. The average molecular weight is 382 g/mol. The van der Waals surface area contributed by atoms with Crippen LogP contribution in [-0.2, 0) is 24.3 Å². The zero-order valence-electron chi connectivity index (χ0n) is 16.0. The summed E-state index contributed by atoms with van der Waals surface area (Å²) in [6.07, 6.45) is 5.04. The van der Waals surface area contributed by atoms with E-state index in [1.54, 1.807) is 0 Å². The first kappa shape index (κ1) is 18.7. The maximum atomic E-state index is 12.3. The molecular formula is C21H26N4O3. The molecule has 0 spiro atoms. The van der Waals surface area contributed by atoms with Crippen molar-refractivity contribution in [1.29, 1.82) is 0 Å². The number of hydrogen-bond acceptors (Lipinski definition) is 5. The van der Waals surface area contributed by atoms with Gasteiger partial charge in [-0.1, -0.05) is 24.3 Å². The Balaban J connectivity index is 1.26. The van der Waals surface area contributed by atoms with E-state index in [9.17, 15) is 9.59 Å². The van der Waals surface area contributed by atoms with Crippen LogP contribution in [0.3, 0.4) is 0 Å². The number of rotatable bonds is 6. The first-order valence-corrected chi connectivity index (χ1v) is 9.98. The molecule has 2 aliphatic rings. The Kier molecular flexibility index (Phi) is 5.71. The molecule has 2 aromatic rings. The van der Waals surface area contributed by atoms with Gasteiger partial charge < -0.3 is 14.6 Å². The standard InChI is InChI=1S/C21H26N4O3/c26-20-7-3-4-10-25(20)12-9-22-21(27)18-15-28-19(23-18)14-24-11-8-16-5-1-2-6-17(16)13-24/h1-2,5-6,15H,3-4,7-14H2,(H,22,27). The monoisotopic (exact) mass is 382 g/mol. The highest BCUT2D eigenvalue weighted by atomic mass is 16.3. The second-order valence-electron chi connectivity index (χ2n) is 7.45. The molecule has 0 saturated carbocycles. The minimum atomic E-state index is -0.261. The summed E-state index contributed by atoms with van der Waals surface area (Å²) < 4.78 is 5.51. The summed E-state index contributed by atoms with van der Waals surface area (Å²) in [6.45, 7) is 4.15. The van der Waals surface area contributed by atoms with Crippen molar-refractivity contribution >= 4 is 11.8 Å². The molecule has 0 unspecified atom stereocenters. The fraction of sp³-hybridized carbons (Fsp3) is 0.476. The summed E-state index contributed by atoms with van der Waals surface area (Å²) in [4.78, 5) is 32.5. The third kappa shape index (κ3) is 4.42. The molecule has 0 aliphatic carbocycles. The fourth-order valence-electron chi connectivity index (χ4n) is 3.86. The number of carbonyl (C=O) groups excluding carboxylic acids is 2. The maximum absolute atomic E-state index is 12.3. The van der Waals surface area contributed by atoms with Crippen molar-refractivity contribution in [2.75, 3.05) is 26.2 Å². The van der Waals surface area contributed by atoms with E-state index in [1.165, 1.54) is 17.4 Å². The predicted octanol–water partition coefficient (Wildman–Crippen LogP) is 1.98. The Hall–Kier alpha value is -2.67. The van der Waals surface area contributed by atoms with Crippen LogP contribution in [0.25, 0.3) is 0 Å². The van der Waals surface area contributed by atoms with Crippen LogP contribution in [0.1, 0.15) is 46.8 Å². The van der Waals surface area contributed by atoms with Crippen molar-refractivity contribution in [2.24, 2.45) is 0 Å². The van der Waals surface area contributed by atoms with Gasteiger partial charge in [0, 0.05) is 39.1 Å². The minimum Gasteiger partial charge on any atom is -0.447 e. The lowest BCUT2D eigenvalue weighted by Gasteiger charge is -2.27. The SMILES string of the molecule is O=C(NCCN1CCCCC1=O)c1coc(CN2CCc3ccccc3C2)n1. The second-order valence-corrected chi connectivity index (χ2v) is 7.45. The first-order chi connectivity index (χ1) is 13.7. The van der Waals surface area contributed by atoms with Gasteiger partial charge in [-0.05, 0) is 30.4 Å². The van der Waals surface area contributed by atoms with Crippen molar-refractivity contribution in [3.8, 4) is 0 Å². The molecule has 148 valence electrons. The molecule has 1 aromatic carbocycles. The molecule has 7 nitrogen and oxygen atoms in total. The van der Waals surface area contributed by atoms with Crippen LogP contribution in [0, 0.1) is 0 Å². The molecule has 28 heavy (non-hydrogen) atoms. The molecule has 3 heterocycles. The molecule has 2 amide bonds. The van der Waals surface area contributed by atoms with Gasteiger partial charge in [0.15, 0.2) is 5.69 Å². The number of benzene rings is 1. The minimum absolute atomic E-state index is 0.173. The number of oxazole rings is 1. The lowest BCUT2D eigenvalue weighted by Crippen LogP contribution is -2.41. The van der Waals surface area contributed by atoms with Crippen molar-refractivity contribution in [2.45, 2.75) is 38.8 Å². The van der Waals surface area contributed by atoms with E-state index in [0.29, 0.717) is 31.9 Å². The molecular weight excluding hydrogens is 356 g/mol. The Morgan fingerprint density at radius 3 is 2.86 bits per heavy atom. The van der Waals surface area contributed by atoms with Gasteiger partial charge in [-0.3, -0.25) is 14.5 Å². The zero-order chi connectivity index (χ0) is 19.3. The molecule has 0 atom stereocenters. The lowest BCUT2D eigenvalue weighted by molar-refractivity contribution is -0.133. The van der Waals surface area contributed by atoms with Crippen molar-refractivity contribution in [3.05, 3.63) is 53.2 Å². The normalized spacial score (nSPS) is 17.4. The molecule has 1 aromatic heterocycles. The third-order valence-corrected chi connectivity index (χ3v) is 5.44. The number of carbonyl (C=O) groups is 2. The number of piperidine rings is 1.